The number of nitrogens with one attached hydrogen (secondary N) is 1. The van der Waals surface area contributed by atoms with Crippen molar-refractivity contribution in [3.8, 4) is 0 Å². The number of aliphatic hydroxyl groups is 1. The molecule has 2 aromatic rings. The van der Waals surface area contributed by atoms with Crippen LogP contribution in [0.15, 0.2) is 54.6 Å². The quantitative estimate of drug-likeness (QED) is 0.713. The number of primary amides is 1. The van der Waals surface area contributed by atoms with Crippen molar-refractivity contribution in [2.75, 3.05) is 7.05 Å². The molecule has 23 heavy (non-hydrogen) atoms. The van der Waals surface area contributed by atoms with E-state index in [-0.39, 0.29) is 11.3 Å². The van der Waals surface area contributed by atoms with Gasteiger partial charge in [0.15, 0.2) is 5.60 Å². The van der Waals surface area contributed by atoms with Gasteiger partial charge in [-0.3, -0.25) is 4.79 Å². The maximum atomic E-state index is 11.9. The molecule has 7 heteroatoms. The second-order valence-electron chi connectivity index (χ2n) is 5.10. The highest BCUT2D eigenvalue weighted by atomic mass is 32.2. The van der Waals surface area contributed by atoms with Crippen LogP contribution < -0.4 is 10.5 Å². The van der Waals surface area contributed by atoms with Crippen LogP contribution in [-0.2, 0) is 26.2 Å². The molecule has 2 rings (SSSR count). The number of amides is 1. The summed E-state index contributed by atoms with van der Waals surface area (Å²) in [6.45, 7) is 0. The number of hydrogen-bond acceptors (Lipinski definition) is 4. The lowest BCUT2D eigenvalue weighted by Crippen LogP contribution is -2.42. The van der Waals surface area contributed by atoms with Gasteiger partial charge in [0.1, 0.15) is 0 Å². The van der Waals surface area contributed by atoms with Crippen LogP contribution in [0.4, 0.5) is 0 Å². The van der Waals surface area contributed by atoms with E-state index < -0.39 is 21.5 Å². The molecule has 0 saturated carbocycles. The Morgan fingerprint density at radius 2 is 1.74 bits per heavy atom. The minimum absolute atomic E-state index is 0.222. The molecule has 0 heterocycles. The minimum atomic E-state index is -3.47. The van der Waals surface area contributed by atoms with E-state index in [2.05, 4.69) is 4.72 Å². The van der Waals surface area contributed by atoms with Crippen molar-refractivity contribution in [2.45, 2.75) is 11.4 Å². The summed E-state index contributed by atoms with van der Waals surface area (Å²) in [7, 11) is -2.15. The highest BCUT2D eigenvalue weighted by Crippen LogP contribution is 2.30. The summed E-state index contributed by atoms with van der Waals surface area (Å²) in [5, 5.41) is 10.9. The lowest BCUT2D eigenvalue weighted by molar-refractivity contribution is -0.133. The lowest BCUT2D eigenvalue weighted by atomic mass is 9.85. The second kappa shape index (κ2) is 6.49. The summed E-state index contributed by atoms with van der Waals surface area (Å²) in [6.07, 6.45) is 0. The van der Waals surface area contributed by atoms with E-state index in [9.17, 15) is 18.3 Å². The molecule has 0 aliphatic heterocycles. The van der Waals surface area contributed by atoms with Crippen LogP contribution in [0.2, 0.25) is 0 Å². The Morgan fingerprint density at radius 3 is 2.30 bits per heavy atom. The van der Waals surface area contributed by atoms with Gasteiger partial charge >= 0.3 is 0 Å². The Bertz CT molecular complexity index is 806. The molecule has 0 radical (unpaired) electrons. The van der Waals surface area contributed by atoms with Crippen LogP contribution in [0.1, 0.15) is 16.7 Å². The van der Waals surface area contributed by atoms with Crippen LogP contribution in [0.5, 0.6) is 0 Å². The van der Waals surface area contributed by atoms with Gasteiger partial charge in [-0.1, -0.05) is 54.6 Å². The molecule has 1 amide bonds. The van der Waals surface area contributed by atoms with Gasteiger partial charge in [0.25, 0.3) is 5.91 Å². The average Bonchev–Trinajstić information content (AvgIpc) is 2.54. The topological polar surface area (TPSA) is 109 Å². The number of carbonyl (C=O) groups is 1. The fraction of sp³-hybridized carbons (Fsp3) is 0.188. The van der Waals surface area contributed by atoms with Crippen LogP contribution in [0, 0.1) is 0 Å². The second-order valence-corrected chi connectivity index (χ2v) is 7.03. The Morgan fingerprint density at radius 1 is 1.13 bits per heavy atom. The largest absolute Gasteiger partial charge is 0.372 e. The van der Waals surface area contributed by atoms with Crippen molar-refractivity contribution < 1.29 is 18.3 Å². The maximum absolute atomic E-state index is 11.9. The summed E-state index contributed by atoms with van der Waals surface area (Å²) >= 11 is 0. The molecule has 4 N–H and O–H groups in total. The molecule has 0 spiro atoms. The normalized spacial score (nSPS) is 14.2. The monoisotopic (exact) mass is 334 g/mol. The van der Waals surface area contributed by atoms with E-state index in [1.807, 2.05) is 0 Å². The van der Waals surface area contributed by atoms with Crippen molar-refractivity contribution in [1.82, 2.24) is 4.72 Å². The van der Waals surface area contributed by atoms with Gasteiger partial charge < -0.3 is 10.8 Å². The first-order valence-electron chi connectivity index (χ1n) is 6.88. The van der Waals surface area contributed by atoms with Crippen molar-refractivity contribution in [1.29, 1.82) is 0 Å². The van der Waals surface area contributed by atoms with Crippen molar-refractivity contribution in [3.63, 3.8) is 0 Å². The molecule has 0 saturated heterocycles. The van der Waals surface area contributed by atoms with Crippen LogP contribution >= 0.6 is 0 Å². The minimum Gasteiger partial charge on any atom is -0.372 e. The van der Waals surface area contributed by atoms with Crippen molar-refractivity contribution in [3.05, 3.63) is 71.3 Å². The van der Waals surface area contributed by atoms with Crippen LogP contribution in [0.3, 0.4) is 0 Å². The molecule has 0 fully saturated rings. The number of carbonyl (C=O) groups excluding carboxylic acids is 1. The van der Waals surface area contributed by atoms with Crippen molar-refractivity contribution >= 4 is 15.9 Å². The predicted molar refractivity (Wildman–Crippen MR) is 86.8 cm³/mol. The average molecular weight is 334 g/mol. The van der Waals surface area contributed by atoms with Gasteiger partial charge in [0.05, 0.1) is 5.75 Å². The van der Waals surface area contributed by atoms with E-state index in [1.165, 1.54) is 19.2 Å². The summed E-state index contributed by atoms with van der Waals surface area (Å²) in [5.41, 5.74) is 4.37. The SMILES string of the molecule is CNS(=O)(=O)Cc1cccc(C(O)(C(N)=O)c2ccccc2)c1. The van der Waals surface area contributed by atoms with Gasteiger partial charge in [-0.05, 0) is 23.7 Å². The molecular formula is C16H18N2O4S. The van der Waals surface area contributed by atoms with Crippen molar-refractivity contribution in [2.24, 2.45) is 5.73 Å². The number of benzene rings is 2. The fourth-order valence-electron chi connectivity index (χ4n) is 2.31. The van der Waals surface area contributed by atoms with Gasteiger partial charge in [-0.25, -0.2) is 13.1 Å². The first-order valence-corrected chi connectivity index (χ1v) is 8.53. The number of hydrogen-bond donors (Lipinski definition) is 3. The summed E-state index contributed by atoms with van der Waals surface area (Å²) in [6, 6.07) is 14.5. The Balaban J connectivity index is 2.52. The number of sulfonamides is 1. The Labute approximate surface area is 135 Å². The van der Waals surface area contributed by atoms with E-state index in [0.717, 1.165) is 0 Å². The molecule has 0 aliphatic rings. The summed E-state index contributed by atoms with van der Waals surface area (Å²) in [5.74, 6) is -1.20. The fourth-order valence-corrected chi connectivity index (χ4v) is 3.07. The smallest absolute Gasteiger partial charge is 0.258 e. The van der Waals surface area contributed by atoms with E-state index in [1.54, 1.807) is 42.5 Å². The van der Waals surface area contributed by atoms with Gasteiger partial charge in [-0.15, -0.1) is 0 Å². The summed E-state index contributed by atoms with van der Waals surface area (Å²) in [4.78, 5) is 11.9. The Hall–Kier alpha value is -2.22. The number of nitrogens with two attached hydrogens (primary N) is 1. The zero-order valence-corrected chi connectivity index (χ0v) is 13.4. The maximum Gasteiger partial charge on any atom is 0.258 e. The zero-order chi connectivity index (χ0) is 17.1. The molecule has 1 unspecified atom stereocenters. The van der Waals surface area contributed by atoms with Crippen LogP contribution in [-0.4, -0.2) is 26.5 Å². The standard InChI is InChI=1S/C16H18N2O4S/c1-18-23(21,22)11-12-6-5-9-14(10-12)16(20,15(17)19)13-7-3-2-4-8-13/h2-10,18,20H,11H2,1H3,(H2,17,19). The molecule has 1 atom stereocenters. The van der Waals surface area contributed by atoms with Gasteiger partial charge in [0.2, 0.25) is 10.0 Å². The van der Waals surface area contributed by atoms with Gasteiger partial charge in [-0.2, -0.15) is 0 Å². The molecular weight excluding hydrogens is 316 g/mol. The molecule has 122 valence electrons. The molecule has 0 aromatic heterocycles. The Kier molecular flexibility index (Phi) is 4.84. The van der Waals surface area contributed by atoms with E-state index >= 15 is 0 Å². The van der Waals surface area contributed by atoms with E-state index in [0.29, 0.717) is 11.1 Å². The molecule has 6 nitrogen and oxygen atoms in total. The number of rotatable bonds is 6. The lowest BCUT2D eigenvalue weighted by Gasteiger charge is -2.26. The molecule has 2 aromatic carbocycles. The molecule has 0 bridgehead atoms. The predicted octanol–water partition coefficient (Wildman–Crippen LogP) is 0.457. The molecule has 0 aliphatic carbocycles. The zero-order valence-electron chi connectivity index (χ0n) is 12.6. The highest BCUT2D eigenvalue weighted by molar-refractivity contribution is 7.88. The third-order valence-corrected chi connectivity index (χ3v) is 4.90. The van der Waals surface area contributed by atoms with E-state index in [4.69, 9.17) is 5.73 Å². The highest BCUT2D eigenvalue weighted by Gasteiger charge is 2.38. The third-order valence-electron chi connectivity index (χ3n) is 3.56. The summed E-state index contributed by atoms with van der Waals surface area (Å²) < 4.78 is 25.6. The third kappa shape index (κ3) is 3.58. The first-order chi connectivity index (χ1) is 10.8. The van der Waals surface area contributed by atoms with Gasteiger partial charge in [0, 0.05) is 0 Å². The van der Waals surface area contributed by atoms with Crippen LogP contribution in [0.25, 0.3) is 0 Å². The first kappa shape index (κ1) is 17.1.